The Labute approximate surface area is 165 Å². The molecule has 0 amide bonds. The Morgan fingerprint density at radius 1 is 0.821 bits per heavy atom. The average Bonchev–Trinajstić information content (AvgIpc) is 3.04. The van der Waals surface area contributed by atoms with E-state index in [4.69, 9.17) is 9.47 Å². The Morgan fingerprint density at radius 3 is 2.04 bits per heavy atom. The van der Waals surface area contributed by atoms with E-state index in [0.717, 1.165) is 33.6 Å². The van der Waals surface area contributed by atoms with Gasteiger partial charge in [-0.05, 0) is 28.8 Å². The van der Waals surface area contributed by atoms with E-state index in [-0.39, 0.29) is 12.1 Å². The number of ether oxygens (including phenoxy) is 2. The van der Waals surface area contributed by atoms with Crippen LogP contribution in [0.4, 0.5) is 0 Å². The second kappa shape index (κ2) is 8.13. The van der Waals surface area contributed by atoms with Crippen LogP contribution < -0.4 is 4.74 Å². The van der Waals surface area contributed by atoms with E-state index in [2.05, 4.69) is 12.1 Å². The summed E-state index contributed by atoms with van der Waals surface area (Å²) in [6.07, 6.45) is 0.931. The van der Waals surface area contributed by atoms with Gasteiger partial charge in [0.2, 0.25) is 0 Å². The minimum absolute atomic E-state index is 0.226. The van der Waals surface area contributed by atoms with Gasteiger partial charge in [0.15, 0.2) is 0 Å². The lowest BCUT2D eigenvalue weighted by atomic mass is 9.90. The molecule has 4 rings (SSSR count). The lowest BCUT2D eigenvalue weighted by molar-refractivity contribution is -0.139. The summed E-state index contributed by atoms with van der Waals surface area (Å²) in [5, 5.41) is 0. The molecule has 1 aliphatic heterocycles. The van der Waals surface area contributed by atoms with E-state index in [0.29, 0.717) is 12.8 Å². The summed E-state index contributed by atoms with van der Waals surface area (Å²) in [5.74, 6) is 0.564. The second-order valence-corrected chi connectivity index (χ2v) is 6.87. The predicted octanol–water partition coefficient (Wildman–Crippen LogP) is 4.86. The quantitative estimate of drug-likeness (QED) is 0.581. The molecule has 1 aliphatic rings. The number of esters is 1. The molecule has 3 aromatic rings. The van der Waals surface area contributed by atoms with Gasteiger partial charge >= 0.3 is 5.97 Å². The molecule has 0 saturated carbocycles. The predicted molar refractivity (Wildman–Crippen MR) is 110 cm³/mol. The number of rotatable bonds is 6. The third kappa shape index (κ3) is 3.84. The fraction of sp³-hybridized carbons (Fsp3) is 0.160. The van der Waals surface area contributed by atoms with Crippen LogP contribution in [0.1, 0.15) is 16.7 Å². The highest BCUT2D eigenvalue weighted by atomic mass is 16.5. The standard InChI is InChI=1S/C25H22O3/c1-27-21-14-12-20(13-15-21)24-22(16-18-8-4-2-5-9-18)25(26)28-23(24)17-19-10-6-3-7-11-19/h2-15,23H,16-17H2,1H3/t23-/m0/s1. The van der Waals surface area contributed by atoms with Crippen LogP contribution in [0.3, 0.4) is 0 Å². The molecule has 0 N–H and O–H groups in total. The van der Waals surface area contributed by atoms with E-state index >= 15 is 0 Å². The highest BCUT2D eigenvalue weighted by Gasteiger charge is 2.34. The van der Waals surface area contributed by atoms with Crippen LogP contribution >= 0.6 is 0 Å². The number of carbonyl (C=O) groups excluding carboxylic acids is 1. The lowest BCUT2D eigenvalue weighted by Crippen LogP contribution is -2.14. The van der Waals surface area contributed by atoms with Gasteiger partial charge in [0.25, 0.3) is 0 Å². The van der Waals surface area contributed by atoms with Gasteiger partial charge < -0.3 is 9.47 Å². The molecule has 0 fully saturated rings. The van der Waals surface area contributed by atoms with Gasteiger partial charge in [-0.2, -0.15) is 0 Å². The van der Waals surface area contributed by atoms with Crippen LogP contribution in [-0.4, -0.2) is 19.2 Å². The summed E-state index contributed by atoms with van der Waals surface area (Å²) in [6.45, 7) is 0. The van der Waals surface area contributed by atoms with Crippen molar-refractivity contribution in [3.05, 3.63) is 107 Å². The molecule has 0 bridgehead atoms. The summed E-state index contributed by atoms with van der Waals surface area (Å²) in [4.78, 5) is 12.8. The Kier molecular flexibility index (Phi) is 5.24. The van der Waals surface area contributed by atoms with Gasteiger partial charge in [0.1, 0.15) is 11.9 Å². The maximum Gasteiger partial charge on any atom is 0.335 e. The van der Waals surface area contributed by atoms with Crippen molar-refractivity contribution < 1.29 is 14.3 Å². The van der Waals surface area contributed by atoms with E-state index in [1.54, 1.807) is 7.11 Å². The molecule has 0 aliphatic carbocycles. The highest BCUT2D eigenvalue weighted by Crippen LogP contribution is 2.36. The van der Waals surface area contributed by atoms with E-state index in [1.807, 2.05) is 72.8 Å². The monoisotopic (exact) mass is 370 g/mol. The van der Waals surface area contributed by atoms with Gasteiger partial charge in [-0.15, -0.1) is 0 Å². The first kappa shape index (κ1) is 18.1. The van der Waals surface area contributed by atoms with Gasteiger partial charge in [-0.25, -0.2) is 4.79 Å². The number of hydrogen-bond donors (Lipinski definition) is 0. The summed E-state index contributed by atoms with van der Waals surface area (Å²) in [5.41, 5.74) is 4.95. The summed E-state index contributed by atoms with van der Waals surface area (Å²) in [7, 11) is 1.65. The molecule has 0 radical (unpaired) electrons. The molecular formula is C25H22O3. The third-order valence-corrected chi connectivity index (χ3v) is 5.03. The van der Waals surface area contributed by atoms with Crippen molar-refractivity contribution in [2.75, 3.05) is 7.11 Å². The van der Waals surface area contributed by atoms with Crippen molar-refractivity contribution in [1.29, 1.82) is 0 Å². The minimum Gasteiger partial charge on any atom is -0.497 e. The van der Waals surface area contributed by atoms with Crippen LogP contribution in [-0.2, 0) is 22.4 Å². The maximum absolute atomic E-state index is 12.8. The van der Waals surface area contributed by atoms with E-state index in [1.165, 1.54) is 0 Å². The van der Waals surface area contributed by atoms with Gasteiger partial charge in [0, 0.05) is 24.0 Å². The van der Waals surface area contributed by atoms with Crippen LogP contribution in [0.5, 0.6) is 5.75 Å². The molecule has 140 valence electrons. The first-order chi connectivity index (χ1) is 13.7. The zero-order chi connectivity index (χ0) is 19.3. The van der Waals surface area contributed by atoms with Crippen LogP contribution in [0, 0.1) is 0 Å². The largest absolute Gasteiger partial charge is 0.497 e. The minimum atomic E-state index is -0.290. The number of hydrogen-bond acceptors (Lipinski definition) is 3. The zero-order valence-electron chi connectivity index (χ0n) is 15.8. The Morgan fingerprint density at radius 2 is 1.43 bits per heavy atom. The van der Waals surface area contributed by atoms with E-state index < -0.39 is 0 Å². The molecule has 1 heterocycles. The highest BCUT2D eigenvalue weighted by molar-refractivity contribution is 6.03. The first-order valence-corrected chi connectivity index (χ1v) is 9.41. The molecule has 1 atom stereocenters. The van der Waals surface area contributed by atoms with Crippen molar-refractivity contribution in [2.24, 2.45) is 0 Å². The van der Waals surface area contributed by atoms with Crippen molar-refractivity contribution in [3.8, 4) is 5.75 Å². The molecule has 0 aromatic heterocycles. The molecular weight excluding hydrogens is 348 g/mol. The molecule has 0 spiro atoms. The van der Waals surface area contributed by atoms with Crippen LogP contribution in [0.15, 0.2) is 90.5 Å². The zero-order valence-corrected chi connectivity index (χ0v) is 15.8. The van der Waals surface area contributed by atoms with Gasteiger partial charge in [0.05, 0.1) is 7.11 Å². The third-order valence-electron chi connectivity index (χ3n) is 5.03. The summed E-state index contributed by atoms with van der Waals surface area (Å²) < 4.78 is 11.1. The Hall–Kier alpha value is -3.33. The van der Waals surface area contributed by atoms with Crippen molar-refractivity contribution in [2.45, 2.75) is 18.9 Å². The Balaban J connectivity index is 1.74. The number of methoxy groups -OCH3 is 1. The Bertz CT molecular complexity index is 973. The van der Waals surface area contributed by atoms with Crippen LogP contribution in [0.2, 0.25) is 0 Å². The van der Waals surface area contributed by atoms with Crippen molar-refractivity contribution in [1.82, 2.24) is 0 Å². The van der Waals surface area contributed by atoms with Crippen molar-refractivity contribution >= 4 is 11.5 Å². The number of benzene rings is 3. The maximum atomic E-state index is 12.8. The summed E-state index contributed by atoms with van der Waals surface area (Å²) in [6, 6.07) is 28.0. The molecule has 3 aromatic carbocycles. The summed E-state index contributed by atoms with van der Waals surface area (Å²) >= 11 is 0. The fourth-order valence-corrected chi connectivity index (χ4v) is 3.63. The molecule has 0 saturated heterocycles. The molecule has 3 nitrogen and oxygen atoms in total. The average molecular weight is 370 g/mol. The second-order valence-electron chi connectivity index (χ2n) is 6.87. The number of carbonyl (C=O) groups is 1. The first-order valence-electron chi connectivity index (χ1n) is 9.41. The van der Waals surface area contributed by atoms with Gasteiger partial charge in [-0.1, -0.05) is 72.8 Å². The molecule has 28 heavy (non-hydrogen) atoms. The molecule has 0 unspecified atom stereocenters. The number of cyclic esters (lactones) is 1. The van der Waals surface area contributed by atoms with E-state index in [9.17, 15) is 4.79 Å². The topological polar surface area (TPSA) is 35.5 Å². The smallest absolute Gasteiger partial charge is 0.335 e. The van der Waals surface area contributed by atoms with Gasteiger partial charge in [-0.3, -0.25) is 0 Å². The SMILES string of the molecule is COc1ccc(C2=C(Cc3ccccc3)C(=O)O[C@H]2Cc2ccccc2)cc1. The lowest BCUT2D eigenvalue weighted by Gasteiger charge is -2.15. The normalized spacial score (nSPS) is 16.2. The van der Waals surface area contributed by atoms with Crippen molar-refractivity contribution in [3.63, 3.8) is 0 Å². The van der Waals surface area contributed by atoms with Crippen LogP contribution in [0.25, 0.3) is 5.57 Å². The fourth-order valence-electron chi connectivity index (χ4n) is 3.63. The molecule has 3 heteroatoms.